The number of hydrogen-bond acceptors (Lipinski definition) is 4. The number of aryl methyl sites for hydroxylation is 1. The number of rotatable bonds is 8. The molecule has 0 fully saturated rings. The van der Waals surface area contributed by atoms with Crippen LogP contribution in [0.2, 0.25) is 0 Å². The lowest BCUT2D eigenvalue weighted by atomic mass is 10.1. The van der Waals surface area contributed by atoms with Crippen molar-refractivity contribution in [2.24, 2.45) is 0 Å². The van der Waals surface area contributed by atoms with Gasteiger partial charge >= 0.3 is 0 Å². The van der Waals surface area contributed by atoms with Gasteiger partial charge in [0.25, 0.3) is 5.91 Å². The summed E-state index contributed by atoms with van der Waals surface area (Å²) < 4.78 is 0. The van der Waals surface area contributed by atoms with E-state index in [0.717, 1.165) is 42.1 Å². The summed E-state index contributed by atoms with van der Waals surface area (Å²) in [5.74, 6) is -0.168. The van der Waals surface area contributed by atoms with Crippen LogP contribution in [0.3, 0.4) is 0 Å². The number of carbonyl (C=O) groups is 1. The molecule has 1 amide bonds. The number of carbonyl (C=O) groups excluding carboxylic acids is 1. The second kappa shape index (κ2) is 9.73. The van der Waals surface area contributed by atoms with Crippen LogP contribution in [0, 0.1) is 0 Å². The highest BCUT2D eigenvalue weighted by Gasteiger charge is 2.10. The van der Waals surface area contributed by atoms with Crippen LogP contribution in [0.15, 0.2) is 67.0 Å². The van der Waals surface area contributed by atoms with Crippen LogP contribution < -0.4 is 15.5 Å². The lowest BCUT2D eigenvalue weighted by molar-refractivity contribution is 0.102. The summed E-state index contributed by atoms with van der Waals surface area (Å²) in [6.07, 6.45) is 4.16. The molecule has 150 valence electrons. The van der Waals surface area contributed by atoms with E-state index < -0.39 is 0 Å². The quantitative estimate of drug-likeness (QED) is 0.536. The van der Waals surface area contributed by atoms with E-state index in [9.17, 15) is 4.79 Å². The molecule has 0 aliphatic heterocycles. The minimum Gasteiger partial charge on any atom is -0.372 e. The SMILES string of the molecule is CCc1ccccc1NC(=O)c1cncc(Nc2ccc(N(CC)CC)cc2)c1. The number of benzene rings is 2. The average Bonchev–Trinajstić information content (AvgIpc) is 2.76. The lowest BCUT2D eigenvalue weighted by Gasteiger charge is -2.21. The summed E-state index contributed by atoms with van der Waals surface area (Å²) in [5, 5.41) is 6.32. The van der Waals surface area contributed by atoms with Crippen LogP contribution in [-0.2, 0) is 6.42 Å². The molecule has 0 radical (unpaired) electrons. The van der Waals surface area contributed by atoms with Crippen molar-refractivity contribution < 1.29 is 4.79 Å². The molecule has 0 aliphatic carbocycles. The number of nitrogens with zero attached hydrogens (tertiary/aromatic N) is 2. The van der Waals surface area contributed by atoms with E-state index in [4.69, 9.17) is 0 Å². The zero-order valence-electron chi connectivity index (χ0n) is 17.3. The maximum Gasteiger partial charge on any atom is 0.257 e. The first kappa shape index (κ1) is 20.4. The van der Waals surface area contributed by atoms with Crippen molar-refractivity contribution in [1.82, 2.24) is 4.98 Å². The summed E-state index contributed by atoms with van der Waals surface area (Å²) in [6, 6.07) is 17.9. The van der Waals surface area contributed by atoms with E-state index >= 15 is 0 Å². The molecule has 0 saturated heterocycles. The van der Waals surface area contributed by atoms with Crippen LogP contribution in [-0.4, -0.2) is 24.0 Å². The van der Waals surface area contributed by atoms with E-state index in [1.165, 1.54) is 5.69 Å². The van der Waals surface area contributed by atoms with Crippen molar-refractivity contribution in [3.8, 4) is 0 Å². The minimum absolute atomic E-state index is 0.168. The average molecular weight is 389 g/mol. The fourth-order valence-electron chi connectivity index (χ4n) is 3.29. The van der Waals surface area contributed by atoms with Gasteiger partial charge in [0.2, 0.25) is 0 Å². The van der Waals surface area contributed by atoms with Gasteiger partial charge in [0, 0.05) is 36.3 Å². The molecule has 0 unspecified atom stereocenters. The molecule has 3 rings (SSSR count). The molecular formula is C24H28N4O. The fourth-order valence-corrected chi connectivity index (χ4v) is 3.29. The topological polar surface area (TPSA) is 57.3 Å². The molecule has 0 saturated carbocycles. The van der Waals surface area contributed by atoms with Crippen LogP contribution in [0.4, 0.5) is 22.7 Å². The summed E-state index contributed by atoms with van der Waals surface area (Å²) in [6.45, 7) is 8.33. The Hall–Kier alpha value is -3.34. The third-order valence-corrected chi connectivity index (χ3v) is 4.93. The lowest BCUT2D eigenvalue weighted by Crippen LogP contribution is -2.21. The van der Waals surface area contributed by atoms with Gasteiger partial charge in [0.15, 0.2) is 0 Å². The highest BCUT2D eigenvalue weighted by molar-refractivity contribution is 6.05. The number of pyridine rings is 1. The number of para-hydroxylation sites is 1. The van der Waals surface area contributed by atoms with Crippen LogP contribution in [0.25, 0.3) is 0 Å². The second-order valence-electron chi connectivity index (χ2n) is 6.77. The Balaban J connectivity index is 1.71. The summed E-state index contributed by atoms with van der Waals surface area (Å²) in [7, 11) is 0. The fraction of sp³-hybridized carbons (Fsp3) is 0.250. The molecule has 0 bridgehead atoms. The van der Waals surface area contributed by atoms with Crippen molar-refractivity contribution in [2.75, 3.05) is 28.6 Å². The highest BCUT2D eigenvalue weighted by Crippen LogP contribution is 2.22. The van der Waals surface area contributed by atoms with E-state index in [2.05, 4.69) is 53.4 Å². The Morgan fingerprint density at radius 2 is 1.66 bits per heavy atom. The van der Waals surface area contributed by atoms with Crippen molar-refractivity contribution in [3.05, 3.63) is 78.1 Å². The molecule has 0 spiro atoms. The van der Waals surface area contributed by atoms with Gasteiger partial charge in [-0.3, -0.25) is 9.78 Å². The summed E-state index contributed by atoms with van der Waals surface area (Å²) in [4.78, 5) is 19.2. The summed E-state index contributed by atoms with van der Waals surface area (Å²) in [5.41, 5.74) is 5.39. The van der Waals surface area contributed by atoms with Crippen LogP contribution >= 0.6 is 0 Å². The van der Waals surface area contributed by atoms with Gasteiger partial charge in [0.05, 0.1) is 17.4 Å². The van der Waals surface area contributed by atoms with Crippen molar-refractivity contribution in [1.29, 1.82) is 0 Å². The van der Waals surface area contributed by atoms with Gasteiger partial charge in [-0.1, -0.05) is 25.1 Å². The Kier molecular flexibility index (Phi) is 6.85. The van der Waals surface area contributed by atoms with Gasteiger partial charge in [-0.15, -0.1) is 0 Å². The third kappa shape index (κ3) is 5.13. The maximum absolute atomic E-state index is 12.7. The summed E-state index contributed by atoms with van der Waals surface area (Å²) >= 11 is 0. The Morgan fingerprint density at radius 3 is 2.34 bits per heavy atom. The Labute approximate surface area is 172 Å². The molecule has 0 aliphatic rings. The molecule has 0 atom stereocenters. The Morgan fingerprint density at radius 1 is 0.931 bits per heavy atom. The molecule has 5 heteroatoms. The zero-order chi connectivity index (χ0) is 20.6. The van der Waals surface area contributed by atoms with E-state index in [1.54, 1.807) is 12.4 Å². The van der Waals surface area contributed by atoms with E-state index in [-0.39, 0.29) is 5.91 Å². The number of anilines is 4. The number of nitrogens with one attached hydrogen (secondary N) is 2. The zero-order valence-corrected chi connectivity index (χ0v) is 17.3. The smallest absolute Gasteiger partial charge is 0.257 e. The van der Waals surface area contributed by atoms with Crippen molar-refractivity contribution >= 4 is 28.7 Å². The molecular weight excluding hydrogens is 360 g/mol. The third-order valence-electron chi connectivity index (χ3n) is 4.93. The molecule has 2 aromatic carbocycles. The van der Waals surface area contributed by atoms with E-state index in [0.29, 0.717) is 5.56 Å². The number of amides is 1. The van der Waals surface area contributed by atoms with E-state index in [1.807, 2.05) is 42.5 Å². The standard InChI is InChI=1S/C24H28N4O/c1-4-18-9-7-8-10-23(18)27-24(29)19-15-21(17-25-16-19)26-20-11-13-22(14-12-20)28(5-2)6-3/h7-17,26H,4-6H2,1-3H3,(H,27,29). The molecule has 1 aromatic heterocycles. The monoisotopic (exact) mass is 388 g/mol. The number of hydrogen-bond donors (Lipinski definition) is 2. The first-order valence-corrected chi connectivity index (χ1v) is 10.1. The largest absolute Gasteiger partial charge is 0.372 e. The first-order valence-electron chi connectivity index (χ1n) is 10.1. The van der Waals surface area contributed by atoms with Crippen LogP contribution in [0.1, 0.15) is 36.7 Å². The number of aromatic nitrogens is 1. The first-order chi connectivity index (χ1) is 14.1. The minimum atomic E-state index is -0.168. The van der Waals surface area contributed by atoms with Gasteiger partial charge < -0.3 is 15.5 Å². The van der Waals surface area contributed by atoms with Gasteiger partial charge in [0.1, 0.15) is 0 Å². The normalized spacial score (nSPS) is 10.4. The van der Waals surface area contributed by atoms with Gasteiger partial charge in [-0.05, 0) is 62.2 Å². The predicted octanol–water partition coefficient (Wildman–Crippen LogP) is 5.49. The Bertz CT molecular complexity index is 949. The van der Waals surface area contributed by atoms with Crippen LogP contribution in [0.5, 0.6) is 0 Å². The van der Waals surface area contributed by atoms with Gasteiger partial charge in [-0.25, -0.2) is 0 Å². The molecule has 3 aromatic rings. The maximum atomic E-state index is 12.7. The van der Waals surface area contributed by atoms with Crippen molar-refractivity contribution in [2.45, 2.75) is 27.2 Å². The predicted molar refractivity (Wildman–Crippen MR) is 121 cm³/mol. The highest BCUT2D eigenvalue weighted by atomic mass is 16.1. The van der Waals surface area contributed by atoms with Crippen molar-refractivity contribution in [3.63, 3.8) is 0 Å². The van der Waals surface area contributed by atoms with Gasteiger partial charge in [-0.2, -0.15) is 0 Å². The molecule has 2 N–H and O–H groups in total. The molecule has 1 heterocycles. The molecule has 5 nitrogen and oxygen atoms in total. The molecule has 29 heavy (non-hydrogen) atoms. The second-order valence-corrected chi connectivity index (χ2v) is 6.77.